The minimum Gasteiger partial charge on any atom is -0.480 e. The minimum absolute atomic E-state index is 0.231. The van der Waals surface area contributed by atoms with Gasteiger partial charge in [0.05, 0.1) is 5.75 Å². The molecule has 0 unspecified atom stereocenters. The molecule has 0 rings (SSSR count). The Hall–Kier alpha value is -1.15. The Morgan fingerprint density at radius 1 is 1.06 bits per heavy atom. The van der Waals surface area contributed by atoms with Crippen LogP contribution in [0.15, 0.2) is 0 Å². The van der Waals surface area contributed by atoms with E-state index in [1.165, 1.54) is 0 Å². The van der Waals surface area contributed by atoms with Crippen LogP contribution >= 0.6 is 0 Å². The lowest BCUT2D eigenvalue weighted by atomic mass is 9.94. The molecule has 0 aromatic heterocycles. The molecule has 106 valence electrons. The summed E-state index contributed by atoms with van der Waals surface area (Å²) in [7, 11) is -3.87. The van der Waals surface area contributed by atoms with Gasteiger partial charge in [0.15, 0.2) is 0 Å². The first-order chi connectivity index (χ1) is 7.94. The Balaban J connectivity index is 4.85. The standard InChI is InChI=1S/C10H19NO6S/c1-10(2,3)4-5-18(16,17)11(6-8(12)13)7-9(14)15/h4-7H2,1-3H3,(H,12,13)(H,14,15). The molecule has 0 aromatic rings. The zero-order valence-corrected chi connectivity index (χ0v) is 11.5. The van der Waals surface area contributed by atoms with Crippen LogP contribution in [0.1, 0.15) is 27.2 Å². The normalized spacial score (nSPS) is 12.7. The third-order valence-corrected chi connectivity index (χ3v) is 3.89. The first-order valence-electron chi connectivity index (χ1n) is 5.35. The van der Waals surface area contributed by atoms with Crippen molar-refractivity contribution in [3.8, 4) is 0 Å². The predicted molar refractivity (Wildman–Crippen MR) is 64.7 cm³/mol. The van der Waals surface area contributed by atoms with E-state index in [0.717, 1.165) is 0 Å². The van der Waals surface area contributed by atoms with Gasteiger partial charge in [-0.15, -0.1) is 0 Å². The molecule has 2 N–H and O–H groups in total. The average molecular weight is 281 g/mol. The summed E-state index contributed by atoms with van der Waals surface area (Å²) in [4.78, 5) is 21.1. The summed E-state index contributed by atoms with van der Waals surface area (Å²) in [6.07, 6.45) is 0.324. The van der Waals surface area contributed by atoms with Crippen molar-refractivity contribution in [3.63, 3.8) is 0 Å². The third-order valence-electron chi connectivity index (χ3n) is 2.13. The molecule has 0 bridgehead atoms. The van der Waals surface area contributed by atoms with E-state index in [4.69, 9.17) is 10.2 Å². The number of rotatable bonds is 7. The highest BCUT2D eigenvalue weighted by molar-refractivity contribution is 7.89. The van der Waals surface area contributed by atoms with E-state index in [1.807, 2.05) is 20.8 Å². The number of carboxylic acids is 2. The summed E-state index contributed by atoms with van der Waals surface area (Å²) in [5.41, 5.74) is -0.231. The second-order valence-electron chi connectivity index (χ2n) is 5.18. The molecule has 0 aliphatic rings. The van der Waals surface area contributed by atoms with Gasteiger partial charge in [0.25, 0.3) is 0 Å². The predicted octanol–water partition coefficient (Wildman–Crippen LogP) is 0.224. The molecule has 0 saturated heterocycles. The van der Waals surface area contributed by atoms with Gasteiger partial charge in [0, 0.05) is 0 Å². The third kappa shape index (κ3) is 7.23. The molecule has 18 heavy (non-hydrogen) atoms. The van der Waals surface area contributed by atoms with Gasteiger partial charge < -0.3 is 10.2 Å². The van der Waals surface area contributed by atoms with E-state index >= 15 is 0 Å². The lowest BCUT2D eigenvalue weighted by molar-refractivity contribution is -0.139. The molecule has 0 heterocycles. The summed E-state index contributed by atoms with van der Waals surface area (Å²) in [5.74, 6) is -3.02. The molecule has 8 heteroatoms. The second-order valence-corrected chi connectivity index (χ2v) is 7.27. The van der Waals surface area contributed by atoms with E-state index in [0.29, 0.717) is 10.7 Å². The minimum atomic E-state index is -3.87. The number of nitrogens with zero attached hydrogens (tertiary/aromatic N) is 1. The van der Waals surface area contributed by atoms with Gasteiger partial charge in [-0.2, -0.15) is 4.31 Å². The van der Waals surface area contributed by atoms with Gasteiger partial charge in [0.1, 0.15) is 13.1 Å². The summed E-state index contributed by atoms with van der Waals surface area (Å²) in [5, 5.41) is 17.2. The lowest BCUT2D eigenvalue weighted by Gasteiger charge is -2.22. The van der Waals surface area contributed by atoms with Crippen LogP contribution in [0.25, 0.3) is 0 Å². The fourth-order valence-electron chi connectivity index (χ4n) is 1.12. The highest BCUT2D eigenvalue weighted by atomic mass is 32.2. The second kappa shape index (κ2) is 6.14. The van der Waals surface area contributed by atoms with Crippen molar-refractivity contribution in [1.82, 2.24) is 4.31 Å². The van der Waals surface area contributed by atoms with Crippen molar-refractivity contribution in [1.29, 1.82) is 0 Å². The number of carbonyl (C=O) groups is 2. The Labute approximate surface area is 106 Å². The molecule has 0 aliphatic carbocycles. The van der Waals surface area contributed by atoms with E-state index < -0.39 is 35.1 Å². The largest absolute Gasteiger partial charge is 0.480 e. The van der Waals surface area contributed by atoms with Crippen LogP contribution in [0.2, 0.25) is 0 Å². The maximum atomic E-state index is 11.8. The number of aliphatic carboxylic acids is 2. The molecular formula is C10H19NO6S. The van der Waals surface area contributed by atoms with Crippen LogP contribution in [0.4, 0.5) is 0 Å². The maximum absolute atomic E-state index is 11.8. The van der Waals surface area contributed by atoms with Crippen LogP contribution in [0.5, 0.6) is 0 Å². The Kier molecular flexibility index (Phi) is 5.75. The number of hydrogen-bond donors (Lipinski definition) is 2. The van der Waals surface area contributed by atoms with Crippen molar-refractivity contribution >= 4 is 22.0 Å². The lowest BCUT2D eigenvalue weighted by Crippen LogP contribution is -2.41. The zero-order chi connectivity index (χ0) is 14.6. The zero-order valence-electron chi connectivity index (χ0n) is 10.7. The van der Waals surface area contributed by atoms with E-state index in [1.54, 1.807) is 0 Å². The van der Waals surface area contributed by atoms with E-state index in [-0.39, 0.29) is 11.2 Å². The molecule has 0 amide bonds. The fraction of sp³-hybridized carbons (Fsp3) is 0.800. The van der Waals surface area contributed by atoms with Crippen molar-refractivity contribution < 1.29 is 28.2 Å². The van der Waals surface area contributed by atoms with Crippen molar-refractivity contribution in [2.75, 3.05) is 18.8 Å². The van der Waals surface area contributed by atoms with Gasteiger partial charge in [0.2, 0.25) is 10.0 Å². The van der Waals surface area contributed by atoms with Gasteiger partial charge in [-0.25, -0.2) is 8.42 Å². The number of carboxylic acid groups (broad SMARTS) is 2. The first kappa shape index (κ1) is 16.9. The van der Waals surface area contributed by atoms with Crippen molar-refractivity contribution in [3.05, 3.63) is 0 Å². The Bertz CT molecular complexity index is 393. The van der Waals surface area contributed by atoms with Gasteiger partial charge in [-0.3, -0.25) is 9.59 Å². The van der Waals surface area contributed by atoms with Crippen LogP contribution in [-0.4, -0.2) is 53.7 Å². The highest BCUT2D eigenvalue weighted by Crippen LogP contribution is 2.20. The first-order valence-corrected chi connectivity index (χ1v) is 6.96. The average Bonchev–Trinajstić information content (AvgIpc) is 2.11. The van der Waals surface area contributed by atoms with Crippen LogP contribution in [0, 0.1) is 5.41 Å². The highest BCUT2D eigenvalue weighted by Gasteiger charge is 2.28. The van der Waals surface area contributed by atoms with Crippen LogP contribution < -0.4 is 0 Å². The van der Waals surface area contributed by atoms with Gasteiger partial charge >= 0.3 is 11.9 Å². The molecule has 0 atom stereocenters. The van der Waals surface area contributed by atoms with Gasteiger partial charge in [-0.05, 0) is 11.8 Å². The van der Waals surface area contributed by atoms with E-state index in [9.17, 15) is 18.0 Å². The van der Waals surface area contributed by atoms with Crippen LogP contribution in [-0.2, 0) is 19.6 Å². The summed E-state index contributed by atoms with van der Waals surface area (Å²) < 4.78 is 24.2. The van der Waals surface area contributed by atoms with Crippen LogP contribution in [0.3, 0.4) is 0 Å². The number of sulfonamides is 1. The Morgan fingerprint density at radius 3 is 1.72 bits per heavy atom. The van der Waals surface area contributed by atoms with Crippen molar-refractivity contribution in [2.24, 2.45) is 5.41 Å². The molecule has 0 saturated carbocycles. The molecule has 0 radical (unpaired) electrons. The molecule has 0 aromatic carbocycles. The Morgan fingerprint density at radius 2 is 1.44 bits per heavy atom. The molecule has 0 aliphatic heterocycles. The SMILES string of the molecule is CC(C)(C)CCS(=O)(=O)N(CC(=O)O)CC(=O)O. The summed E-state index contributed by atoms with van der Waals surface area (Å²) in [6, 6.07) is 0. The smallest absolute Gasteiger partial charge is 0.318 e. The molecule has 0 fully saturated rings. The van der Waals surface area contributed by atoms with Gasteiger partial charge in [-0.1, -0.05) is 20.8 Å². The summed E-state index contributed by atoms with van der Waals surface area (Å²) >= 11 is 0. The molecular weight excluding hydrogens is 262 g/mol. The number of hydrogen-bond acceptors (Lipinski definition) is 4. The monoisotopic (exact) mass is 281 g/mol. The fourth-order valence-corrected chi connectivity index (χ4v) is 2.86. The van der Waals surface area contributed by atoms with Crippen molar-refractivity contribution in [2.45, 2.75) is 27.2 Å². The maximum Gasteiger partial charge on any atom is 0.318 e. The van der Waals surface area contributed by atoms with E-state index in [2.05, 4.69) is 0 Å². The molecule has 7 nitrogen and oxygen atoms in total. The quantitative estimate of drug-likeness (QED) is 0.690. The topological polar surface area (TPSA) is 112 Å². The molecule has 0 spiro atoms. The summed E-state index contributed by atoms with van der Waals surface area (Å²) in [6.45, 7) is 3.88.